The Balaban J connectivity index is 1.97. The van der Waals surface area contributed by atoms with Crippen LogP contribution in [0.5, 0.6) is 5.88 Å². The molecule has 0 saturated carbocycles. The number of likely N-dealkylation sites (N-methyl/N-ethyl adjacent to an activating group) is 1. The molecule has 3 atom stereocenters. The number of hydrogen-bond acceptors (Lipinski definition) is 7. The van der Waals surface area contributed by atoms with Crippen LogP contribution in [0.1, 0.15) is 50.0 Å². The third kappa shape index (κ3) is 6.24. The monoisotopic (exact) mass is 517 g/mol. The summed E-state index contributed by atoms with van der Waals surface area (Å²) in [5, 5.41) is 9.75. The summed E-state index contributed by atoms with van der Waals surface area (Å²) in [6, 6.07) is 1.20. The van der Waals surface area contributed by atoms with E-state index in [0.29, 0.717) is 17.9 Å². The minimum atomic E-state index is -3.85. The Hall–Kier alpha value is -2.94. The molecule has 0 spiro atoms. The topological polar surface area (TPSA) is 118 Å². The maximum absolute atomic E-state index is 13.5. The minimum absolute atomic E-state index is 0.0205. The Morgan fingerprint density at radius 3 is 2.64 bits per heavy atom. The highest BCUT2D eigenvalue weighted by Crippen LogP contribution is 2.28. The number of carbonyl (C=O) groups is 1. The quantitative estimate of drug-likeness (QED) is 0.556. The first-order valence-corrected chi connectivity index (χ1v) is 13.4. The first-order chi connectivity index (χ1) is 16.9. The van der Waals surface area contributed by atoms with Crippen LogP contribution in [-0.2, 0) is 17.1 Å². The van der Waals surface area contributed by atoms with Crippen molar-refractivity contribution in [3.63, 3.8) is 0 Å². The molecule has 0 aliphatic carbocycles. The van der Waals surface area contributed by atoms with E-state index in [1.807, 2.05) is 6.92 Å². The van der Waals surface area contributed by atoms with Crippen LogP contribution < -0.4 is 4.74 Å². The van der Waals surface area contributed by atoms with Crippen molar-refractivity contribution in [1.29, 1.82) is 0 Å². The molecule has 36 heavy (non-hydrogen) atoms. The Morgan fingerprint density at radius 2 is 2.03 bits per heavy atom. The zero-order valence-electron chi connectivity index (χ0n) is 21.7. The Bertz CT molecular complexity index is 1250. The number of carbonyl (C=O) groups excluding carboxylic acids is 1. The summed E-state index contributed by atoms with van der Waals surface area (Å²) in [6.45, 7) is 7.87. The summed E-state index contributed by atoms with van der Waals surface area (Å²) in [7, 11) is -0.676. The number of nitrogens with zero attached hydrogens (tertiary/aromatic N) is 5. The lowest BCUT2D eigenvalue weighted by Crippen LogP contribution is -2.50. The molecule has 1 aliphatic heterocycles. The molecule has 0 bridgehead atoms. The van der Waals surface area contributed by atoms with Gasteiger partial charge in [0.1, 0.15) is 11.7 Å². The highest BCUT2D eigenvalue weighted by Gasteiger charge is 2.36. The Morgan fingerprint density at radius 1 is 1.31 bits per heavy atom. The normalized spacial score (nSPS) is 19.2. The van der Waals surface area contributed by atoms with Crippen molar-refractivity contribution in [2.75, 3.05) is 26.7 Å². The van der Waals surface area contributed by atoms with Crippen molar-refractivity contribution >= 4 is 15.9 Å². The number of aromatic nitrogens is 3. The number of sulfonamides is 1. The zero-order valence-corrected chi connectivity index (χ0v) is 22.5. The maximum Gasteiger partial charge on any atom is 0.261 e. The van der Waals surface area contributed by atoms with Gasteiger partial charge in [-0.3, -0.25) is 4.79 Å². The number of pyridine rings is 1. The van der Waals surface area contributed by atoms with E-state index < -0.39 is 22.2 Å². The second-order valence-electron chi connectivity index (χ2n) is 9.76. The molecule has 2 aromatic heterocycles. The summed E-state index contributed by atoms with van der Waals surface area (Å²) in [5.41, 5.74) is 0.821. The summed E-state index contributed by atoms with van der Waals surface area (Å²) in [5.74, 6) is 6.10. The van der Waals surface area contributed by atoms with Gasteiger partial charge in [-0.25, -0.2) is 18.4 Å². The van der Waals surface area contributed by atoms with E-state index in [9.17, 15) is 18.3 Å². The van der Waals surface area contributed by atoms with Gasteiger partial charge in [-0.05, 0) is 18.9 Å². The van der Waals surface area contributed by atoms with E-state index in [2.05, 4.69) is 35.7 Å². The van der Waals surface area contributed by atoms with Gasteiger partial charge in [0.15, 0.2) is 5.03 Å². The molecular formula is C25H35N5O5S. The molecule has 10 nitrogen and oxygen atoms in total. The average molecular weight is 518 g/mol. The van der Waals surface area contributed by atoms with E-state index in [1.165, 1.54) is 23.9 Å². The number of ether oxygens (including phenoxy) is 1. The van der Waals surface area contributed by atoms with Crippen molar-refractivity contribution in [3.05, 3.63) is 35.9 Å². The molecule has 3 rings (SSSR count). The van der Waals surface area contributed by atoms with Crippen LogP contribution in [-0.4, -0.2) is 82.1 Å². The minimum Gasteiger partial charge on any atom is -0.472 e. The molecule has 1 aliphatic rings. The molecule has 0 aromatic carbocycles. The van der Waals surface area contributed by atoms with Crippen molar-refractivity contribution in [1.82, 2.24) is 23.7 Å². The molecule has 0 unspecified atom stereocenters. The molecule has 0 fully saturated rings. The van der Waals surface area contributed by atoms with Crippen LogP contribution in [0.3, 0.4) is 0 Å². The van der Waals surface area contributed by atoms with Crippen LogP contribution >= 0.6 is 0 Å². The van der Waals surface area contributed by atoms with Crippen LogP contribution in [0.15, 0.2) is 29.8 Å². The fraction of sp³-hybridized carbons (Fsp3) is 0.560. The van der Waals surface area contributed by atoms with Crippen molar-refractivity contribution in [3.8, 4) is 17.7 Å². The van der Waals surface area contributed by atoms with Gasteiger partial charge in [-0.2, -0.15) is 4.31 Å². The fourth-order valence-electron chi connectivity index (χ4n) is 3.78. The van der Waals surface area contributed by atoms with Gasteiger partial charge >= 0.3 is 0 Å². The molecular weight excluding hydrogens is 482 g/mol. The lowest BCUT2D eigenvalue weighted by molar-refractivity contribution is 0.0373. The lowest BCUT2D eigenvalue weighted by atomic mass is 10.00. The third-order valence-electron chi connectivity index (χ3n) is 6.06. The van der Waals surface area contributed by atoms with E-state index in [4.69, 9.17) is 4.74 Å². The zero-order chi connectivity index (χ0) is 26.6. The number of fused-ring (bicyclic) bond motifs is 1. The number of imidazole rings is 1. The highest BCUT2D eigenvalue weighted by atomic mass is 32.2. The first-order valence-electron chi connectivity index (χ1n) is 12.0. The Kier molecular flexibility index (Phi) is 8.76. The number of aryl methyl sites for hydroxylation is 1. The Labute approximate surface area is 213 Å². The standard InChI is InChI=1S/C25H35N5O5S/c1-17(2)8-7-9-20-10-21-24(26-11-20)35-22(18(3)12-30(25(21)32)19(4)15-31)13-29(6)36(33,34)23-14-28(5)16-27-23/h10-11,14,16-19,22,31H,8,12-13,15H2,1-6H3/t18-,19-,22+/m0/s1. The van der Waals surface area contributed by atoms with E-state index in [-0.39, 0.29) is 48.0 Å². The van der Waals surface area contributed by atoms with Crippen LogP contribution in [0.25, 0.3) is 0 Å². The molecule has 2 aromatic rings. The van der Waals surface area contributed by atoms with Gasteiger partial charge in [0.25, 0.3) is 15.9 Å². The molecule has 1 amide bonds. The molecule has 1 N–H and O–H groups in total. The largest absolute Gasteiger partial charge is 0.472 e. The summed E-state index contributed by atoms with van der Waals surface area (Å²) < 4.78 is 35.1. The van der Waals surface area contributed by atoms with Crippen LogP contribution in [0, 0.1) is 23.7 Å². The lowest BCUT2D eigenvalue weighted by Gasteiger charge is -2.37. The molecule has 11 heteroatoms. The van der Waals surface area contributed by atoms with Crippen LogP contribution in [0.2, 0.25) is 0 Å². The summed E-state index contributed by atoms with van der Waals surface area (Å²) in [4.78, 5) is 23.4. The predicted molar refractivity (Wildman–Crippen MR) is 135 cm³/mol. The van der Waals surface area contributed by atoms with Gasteiger partial charge in [0, 0.05) is 50.9 Å². The average Bonchev–Trinajstić information content (AvgIpc) is 3.27. The second kappa shape index (κ2) is 11.4. The number of aliphatic hydroxyl groups is 1. The molecule has 3 heterocycles. The van der Waals surface area contributed by atoms with Gasteiger partial charge in [0.05, 0.1) is 25.5 Å². The van der Waals surface area contributed by atoms with Gasteiger partial charge in [-0.15, -0.1) is 0 Å². The second-order valence-corrected chi connectivity index (χ2v) is 11.8. The van der Waals surface area contributed by atoms with Gasteiger partial charge in [0.2, 0.25) is 5.88 Å². The molecule has 196 valence electrons. The SMILES string of the molecule is CC(C)CC#Cc1cnc2c(c1)C(=O)N([C@@H](C)CO)C[C@H](C)[C@@H](CN(C)S(=O)(=O)c1cn(C)cn1)O2. The van der Waals surface area contributed by atoms with E-state index in [1.54, 1.807) is 35.7 Å². The van der Waals surface area contributed by atoms with E-state index >= 15 is 0 Å². The summed E-state index contributed by atoms with van der Waals surface area (Å²) >= 11 is 0. The summed E-state index contributed by atoms with van der Waals surface area (Å²) in [6.07, 6.45) is 4.52. The van der Waals surface area contributed by atoms with Crippen molar-refractivity contribution < 1.29 is 23.1 Å². The number of aliphatic hydroxyl groups excluding tert-OH is 1. The van der Waals surface area contributed by atoms with E-state index in [0.717, 1.165) is 0 Å². The number of amides is 1. The smallest absolute Gasteiger partial charge is 0.261 e. The van der Waals surface area contributed by atoms with Crippen LogP contribution in [0.4, 0.5) is 0 Å². The molecule has 0 radical (unpaired) electrons. The first kappa shape index (κ1) is 27.6. The van der Waals surface area contributed by atoms with Gasteiger partial charge < -0.3 is 19.3 Å². The maximum atomic E-state index is 13.5. The van der Waals surface area contributed by atoms with Crippen molar-refractivity contribution in [2.24, 2.45) is 18.9 Å². The van der Waals surface area contributed by atoms with Crippen molar-refractivity contribution in [2.45, 2.75) is 51.3 Å². The number of hydrogen-bond donors (Lipinski definition) is 1. The predicted octanol–water partition coefficient (Wildman–Crippen LogP) is 1.75. The number of rotatable bonds is 7. The fourth-order valence-corrected chi connectivity index (χ4v) is 4.92. The van der Waals surface area contributed by atoms with Gasteiger partial charge in [-0.1, -0.05) is 32.6 Å². The molecule has 0 saturated heterocycles. The third-order valence-corrected chi connectivity index (χ3v) is 7.77. The highest BCUT2D eigenvalue weighted by molar-refractivity contribution is 7.89.